The summed E-state index contributed by atoms with van der Waals surface area (Å²) in [6.07, 6.45) is 6.81. The molecule has 0 fully saturated rings. The molecule has 0 amide bonds. The van der Waals surface area contributed by atoms with Gasteiger partial charge in [0.2, 0.25) is 0 Å². The van der Waals surface area contributed by atoms with Crippen LogP contribution in [0.25, 0.3) is 21.8 Å². The number of nitrogens with one attached hydrogen (secondary N) is 2. The van der Waals surface area contributed by atoms with Crippen molar-refractivity contribution in [1.82, 2.24) is 25.1 Å². The van der Waals surface area contributed by atoms with E-state index in [-0.39, 0.29) is 0 Å². The van der Waals surface area contributed by atoms with Crippen LogP contribution in [0, 0.1) is 0 Å². The van der Waals surface area contributed by atoms with Gasteiger partial charge in [-0.3, -0.25) is 10.1 Å². The van der Waals surface area contributed by atoms with Crippen LogP contribution in [0.1, 0.15) is 0 Å². The van der Waals surface area contributed by atoms with E-state index >= 15 is 0 Å². The normalized spacial score (nSPS) is 11.0. The smallest absolute Gasteiger partial charge is 0.143 e. The number of anilines is 2. The van der Waals surface area contributed by atoms with Crippen molar-refractivity contribution in [2.24, 2.45) is 0 Å². The molecule has 3 aromatic heterocycles. The topological polar surface area (TPSA) is 79.4 Å². The van der Waals surface area contributed by atoms with Crippen molar-refractivity contribution in [3.63, 3.8) is 0 Å². The van der Waals surface area contributed by atoms with E-state index in [4.69, 9.17) is 0 Å². The first kappa shape index (κ1) is 10.9. The van der Waals surface area contributed by atoms with Gasteiger partial charge in [-0.05, 0) is 24.3 Å². The summed E-state index contributed by atoms with van der Waals surface area (Å²) in [6, 6.07) is 7.85. The summed E-state index contributed by atoms with van der Waals surface area (Å²) >= 11 is 0. The number of fused-ring (bicyclic) bond motifs is 2. The van der Waals surface area contributed by atoms with Gasteiger partial charge in [-0.15, -0.1) is 0 Å². The first-order valence-electron chi connectivity index (χ1n) is 6.15. The van der Waals surface area contributed by atoms with Crippen LogP contribution in [0.5, 0.6) is 0 Å². The summed E-state index contributed by atoms with van der Waals surface area (Å²) in [5.74, 6) is 0.738. The Labute approximate surface area is 113 Å². The number of H-pyrrole nitrogens is 1. The van der Waals surface area contributed by atoms with E-state index in [1.54, 1.807) is 24.9 Å². The van der Waals surface area contributed by atoms with Crippen LogP contribution in [-0.2, 0) is 0 Å². The fourth-order valence-corrected chi connectivity index (χ4v) is 2.15. The molecule has 0 unspecified atom stereocenters. The average molecular weight is 262 g/mol. The quantitative estimate of drug-likeness (QED) is 0.580. The Balaban J connectivity index is 1.80. The third-order valence-corrected chi connectivity index (χ3v) is 3.14. The van der Waals surface area contributed by atoms with Crippen molar-refractivity contribution in [3.05, 3.63) is 49.2 Å². The molecule has 6 heteroatoms. The van der Waals surface area contributed by atoms with Crippen molar-refractivity contribution >= 4 is 33.3 Å². The fourth-order valence-electron chi connectivity index (χ4n) is 2.15. The van der Waals surface area contributed by atoms with E-state index in [0.717, 1.165) is 33.3 Å². The summed E-state index contributed by atoms with van der Waals surface area (Å²) in [4.78, 5) is 12.6. The van der Waals surface area contributed by atoms with E-state index < -0.39 is 0 Å². The molecule has 6 nitrogen and oxygen atoms in total. The molecule has 0 aliphatic carbocycles. The Kier molecular flexibility index (Phi) is 2.32. The number of hydrogen-bond acceptors (Lipinski definition) is 5. The fraction of sp³-hybridized carbons (Fsp3) is 0. The molecule has 0 radical (unpaired) electrons. The Morgan fingerprint density at radius 1 is 1.05 bits per heavy atom. The number of hydrogen-bond donors (Lipinski definition) is 2. The highest BCUT2D eigenvalue weighted by molar-refractivity contribution is 5.91. The average Bonchev–Trinajstić information content (AvgIpc) is 2.95. The van der Waals surface area contributed by atoms with Gasteiger partial charge in [-0.2, -0.15) is 5.10 Å². The predicted octanol–water partition coefficient (Wildman–Crippen LogP) is 2.64. The lowest BCUT2D eigenvalue weighted by molar-refractivity contribution is 1.12. The van der Waals surface area contributed by atoms with Gasteiger partial charge in [0.1, 0.15) is 12.1 Å². The SMILES string of the molecule is c1cc2ncnc(Nc3ccc4cn[nH]c4c3)c2cn1. The summed E-state index contributed by atoms with van der Waals surface area (Å²) in [5.41, 5.74) is 2.78. The lowest BCUT2D eigenvalue weighted by Crippen LogP contribution is -1.96. The third kappa shape index (κ3) is 1.74. The summed E-state index contributed by atoms with van der Waals surface area (Å²) < 4.78 is 0. The highest BCUT2D eigenvalue weighted by Gasteiger charge is 2.04. The first-order chi connectivity index (χ1) is 9.90. The molecule has 0 aliphatic heterocycles. The third-order valence-electron chi connectivity index (χ3n) is 3.14. The molecule has 20 heavy (non-hydrogen) atoms. The Morgan fingerprint density at radius 3 is 3.05 bits per heavy atom. The minimum atomic E-state index is 0.738. The molecule has 0 atom stereocenters. The molecular weight excluding hydrogens is 252 g/mol. The maximum Gasteiger partial charge on any atom is 0.143 e. The molecule has 1 aromatic carbocycles. The molecule has 0 saturated heterocycles. The van der Waals surface area contributed by atoms with E-state index in [1.165, 1.54) is 0 Å². The second kappa shape index (κ2) is 4.27. The van der Waals surface area contributed by atoms with Gasteiger partial charge in [0.25, 0.3) is 0 Å². The summed E-state index contributed by atoms with van der Waals surface area (Å²) in [7, 11) is 0. The molecular formula is C14H10N6. The molecule has 4 aromatic rings. The van der Waals surface area contributed by atoms with Gasteiger partial charge in [-0.25, -0.2) is 9.97 Å². The molecule has 96 valence electrons. The van der Waals surface area contributed by atoms with Crippen molar-refractivity contribution in [2.75, 3.05) is 5.32 Å². The van der Waals surface area contributed by atoms with Crippen molar-refractivity contribution in [2.45, 2.75) is 0 Å². The minimum Gasteiger partial charge on any atom is -0.340 e. The zero-order valence-electron chi connectivity index (χ0n) is 10.4. The van der Waals surface area contributed by atoms with Gasteiger partial charge in [0.15, 0.2) is 0 Å². The van der Waals surface area contributed by atoms with E-state index in [0.29, 0.717) is 0 Å². The molecule has 4 rings (SSSR count). The molecule has 0 bridgehead atoms. The standard InChI is InChI=1S/C14H10N6/c1-2-10(5-13-9(1)6-18-20-13)19-14-11-7-15-4-3-12(11)16-8-17-14/h1-8H,(H,18,20)(H,16,17,19). The number of rotatable bonds is 2. The van der Waals surface area contributed by atoms with Crippen molar-refractivity contribution in [1.29, 1.82) is 0 Å². The molecule has 2 N–H and O–H groups in total. The lowest BCUT2D eigenvalue weighted by atomic mass is 10.2. The van der Waals surface area contributed by atoms with Gasteiger partial charge < -0.3 is 5.32 Å². The molecule has 0 saturated carbocycles. The zero-order chi connectivity index (χ0) is 13.4. The first-order valence-corrected chi connectivity index (χ1v) is 6.15. The summed E-state index contributed by atoms with van der Waals surface area (Å²) in [6.45, 7) is 0. The predicted molar refractivity (Wildman–Crippen MR) is 76.7 cm³/mol. The van der Waals surface area contributed by atoms with E-state index in [9.17, 15) is 0 Å². The van der Waals surface area contributed by atoms with Crippen LogP contribution in [0.2, 0.25) is 0 Å². The molecule has 0 aliphatic rings. The van der Waals surface area contributed by atoms with Crippen LogP contribution in [-0.4, -0.2) is 25.1 Å². The van der Waals surface area contributed by atoms with E-state index in [1.807, 2.05) is 24.3 Å². The number of aromatic amines is 1. The number of nitrogens with zero attached hydrogens (tertiary/aromatic N) is 4. The van der Waals surface area contributed by atoms with Crippen LogP contribution in [0.4, 0.5) is 11.5 Å². The number of benzene rings is 1. The highest BCUT2D eigenvalue weighted by atomic mass is 15.1. The molecule has 0 spiro atoms. The maximum absolute atomic E-state index is 4.28. The maximum atomic E-state index is 4.28. The van der Waals surface area contributed by atoms with Gasteiger partial charge in [-0.1, -0.05) is 0 Å². The van der Waals surface area contributed by atoms with Gasteiger partial charge >= 0.3 is 0 Å². The van der Waals surface area contributed by atoms with Crippen LogP contribution < -0.4 is 5.32 Å². The minimum absolute atomic E-state index is 0.738. The molecule has 3 heterocycles. The van der Waals surface area contributed by atoms with Crippen LogP contribution in [0.3, 0.4) is 0 Å². The number of aromatic nitrogens is 5. The van der Waals surface area contributed by atoms with Crippen molar-refractivity contribution < 1.29 is 0 Å². The largest absolute Gasteiger partial charge is 0.340 e. The highest BCUT2D eigenvalue weighted by Crippen LogP contribution is 2.23. The van der Waals surface area contributed by atoms with Crippen LogP contribution in [0.15, 0.2) is 49.2 Å². The Morgan fingerprint density at radius 2 is 2.05 bits per heavy atom. The number of pyridine rings is 1. The second-order valence-electron chi connectivity index (χ2n) is 4.41. The van der Waals surface area contributed by atoms with Gasteiger partial charge in [0, 0.05) is 23.5 Å². The summed E-state index contributed by atoms with van der Waals surface area (Å²) in [5, 5.41) is 12.2. The van der Waals surface area contributed by atoms with Crippen molar-refractivity contribution in [3.8, 4) is 0 Å². The van der Waals surface area contributed by atoms with Crippen LogP contribution >= 0.6 is 0 Å². The Bertz CT molecular complexity index is 893. The monoisotopic (exact) mass is 262 g/mol. The Hall–Kier alpha value is -3.02. The van der Waals surface area contributed by atoms with E-state index in [2.05, 4.69) is 30.5 Å². The zero-order valence-corrected chi connectivity index (χ0v) is 10.4. The second-order valence-corrected chi connectivity index (χ2v) is 4.41. The lowest BCUT2D eigenvalue weighted by Gasteiger charge is -2.07. The van der Waals surface area contributed by atoms with Gasteiger partial charge in [0.05, 0.1) is 22.6 Å².